The number of carboxylic acid groups (broad SMARTS) is 1. The standard InChI is InChI=1S/C19H24N4O3S/c1-26-16-6-4-13(5-7-16)18-21-22-19(27-18)20-14-8-15(9-14)23(11-17(24)25)10-12-2-3-12/h4-7,12,14-15H,2-3,8-11H2,1H3,(H,20,22)(H,24,25). The predicted molar refractivity (Wildman–Crippen MR) is 104 cm³/mol. The molecule has 0 spiro atoms. The number of anilines is 1. The van der Waals surface area contributed by atoms with Gasteiger partial charge < -0.3 is 15.2 Å². The predicted octanol–water partition coefficient (Wildman–Crippen LogP) is 2.95. The molecule has 1 heterocycles. The molecule has 0 radical (unpaired) electrons. The molecule has 1 aromatic carbocycles. The van der Waals surface area contributed by atoms with Crippen molar-refractivity contribution in [2.75, 3.05) is 25.5 Å². The molecule has 27 heavy (non-hydrogen) atoms. The van der Waals surface area contributed by atoms with E-state index in [-0.39, 0.29) is 6.54 Å². The average molecular weight is 388 g/mol. The fraction of sp³-hybridized carbons (Fsp3) is 0.526. The van der Waals surface area contributed by atoms with Gasteiger partial charge in [-0.05, 0) is 55.9 Å². The van der Waals surface area contributed by atoms with Crippen LogP contribution in [0.5, 0.6) is 5.75 Å². The van der Waals surface area contributed by atoms with Crippen LogP contribution in [0.3, 0.4) is 0 Å². The van der Waals surface area contributed by atoms with Crippen molar-refractivity contribution < 1.29 is 14.6 Å². The van der Waals surface area contributed by atoms with Gasteiger partial charge in [0.2, 0.25) is 5.13 Å². The summed E-state index contributed by atoms with van der Waals surface area (Å²) in [7, 11) is 1.65. The molecule has 144 valence electrons. The molecule has 0 amide bonds. The van der Waals surface area contributed by atoms with Crippen LogP contribution in [-0.2, 0) is 4.79 Å². The maximum atomic E-state index is 11.1. The molecule has 2 fully saturated rings. The van der Waals surface area contributed by atoms with Crippen molar-refractivity contribution in [2.45, 2.75) is 37.8 Å². The van der Waals surface area contributed by atoms with Crippen molar-refractivity contribution in [1.29, 1.82) is 0 Å². The van der Waals surface area contributed by atoms with Crippen LogP contribution in [0.15, 0.2) is 24.3 Å². The number of methoxy groups -OCH3 is 1. The van der Waals surface area contributed by atoms with Gasteiger partial charge in [0.1, 0.15) is 10.8 Å². The number of carboxylic acids is 1. The Bertz CT molecular complexity index is 785. The van der Waals surface area contributed by atoms with E-state index in [0.717, 1.165) is 40.8 Å². The van der Waals surface area contributed by atoms with Crippen LogP contribution < -0.4 is 10.1 Å². The number of rotatable bonds is 9. The Balaban J connectivity index is 1.30. The zero-order valence-corrected chi connectivity index (χ0v) is 16.1. The summed E-state index contributed by atoms with van der Waals surface area (Å²) in [5.74, 6) is 0.783. The molecule has 0 saturated heterocycles. The first-order valence-corrected chi connectivity index (χ1v) is 10.1. The van der Waals surface area contributed by atoms with Crippen LogP contribution in [-0.4, -0.2) is 58.5 Å². The molecule has 4 rings (SSSR count). The second kappa shape index (κ2) is 7.82. The van der Waals surface area contributed by atoms with Gasteiger partial charge in [0, 0.05) is 24.2 Å². The van der Waals surface area contributed by atoms with Gasteiger partial charge in [0.15, 0.2) is 0 Å². The lowest BCUT2D eigenvalue weighted by Crippen LogP contribution is -2.52. The van der Waals surface area contributed by atoms with Crippen molar-refractivity contribution >= 4 is 22.4 Å². The summed E-state index contributed by atoms with van der Waals surface area (Å²) >= 11 is 1.54. The summed E-state index contributed by atoms with van der Waals surface area (Å²) in [6.07, 6.45) is 4.39. The highest BCUT2D eigenvalue weighted by Gasteiger charge is 2.37. The smallest absolute Gasteiger partial charge is 0.317 e. The summed E-state index contributed by atoms with van der Waals surface area (Å²) in [6.45, 7) is 1.07. The summed E-state index contributed by atoms with van der Waals surface area (Å²) in [5.41, 5.74) is 1.02. The van der Waals surface area contributed by atoms with Gasteiger partial charge in [0.25, 0.3) is 0 Å². The monoisotopic (exact) mass is 388 g/mol. The van der Waals surface area contributed by atoms with E-state index in [2.05, 4.69) is 20.4 Å². The number of nitrogens with one attached hydrogen (secondary N) is 1. The zero-order chi connectivity index (χ0) is 18.8. The zero-order valence-electron chi connectivity index (χ0n) is 15.3. The largest absolute Gasteiger partial charge is 0.497 e. The second-order valence-corrected chi connectivity index (χ2v) is 8.35. The minimum atomic E-state index is -0.736. The molecule has 2 saturated carbocycles. The number of benzene rings is 1. The first-order valence-electron chi connectivity index (χ1n) is 9.31. The number of ether oxygens (including phenoxy) is 1. The van der Waals surface area contributed by atoms with Crippen LogP contribution in [0, 0.1) is 5.92 Å². The fourth-order valence-electron chi connectivity index (χ4n) is 3.46. The van der Waals surface area contributed by atoms with E-state index in [1.165, 1.54) is 24.2 Å². The summed E-state index contributed by atoms with van der Waals surface area (Å²) < 4.78 is 5.18. The number of aliphatic carboxylic acids is 1. The molecule has 0 atom stereocenters. The Morgan fingerprint density at radius 2 is 2.04 bits per heavy atom. The molecule has 7 nitrogen and oxygen atoms in total. The quantitative estimate of drug-likeness (QED) is 0.683. The third-order valence-corrected chi connectivity index (χ3v) is 6.15. The summed E-state index contributed by atoms with van der Waals surface area (Å²) in [5, 5.41) is 22.8. The van der Waals surface area contributed by atoms with Crippen molar-refractivity contribution in [3.05, 3.63) is 24.3 Å². The van der Waals surface area contributed by atoms with E-state index in [1.807, 2.05) is 24.3 Å². The van der Waals surface area contributed by atoms with E-state index in [4.69, 9.17) is 9.84 Å². The third kappa shape index (κ3) is 4.56. The molecule has 1 aromatic heterocycles. The van der Waals surface area contributed by atoms with E-state index in [9.17, 15) is 4.79 Å². The Kier molecular flexibility index (Phi) is 5.27. The van der Waals surface area contributed by atoms with Gasteiger partial charge in [-0.2, -0.15) is 0 Å². The molecule has 8 heteroatoms. The molecule has 2 aromatic rings. The molecule has 0 unspecified atom stereocenters. The maximum Gasteiger partial charge on any atom is 0.317 e. The third-order valence-electron chi connectivity index (χ3n) is 5.25. The van der Waals surface area contributed by atoms with Gasteiger partial charge in [-0.25, -0.2) is 0 Å². The number of nitrogens with zero attached hydrogens (tertiary/aromatic N) is 3. The van der Waals surface area contributed by atoms with E-state index >= 15 is 0 Å². The fourth-order valence-corrected chi connectivity index (χ4v) is 4.28. The molecular formula is C19H24N4O3S. The highest BCUT2D eigenvalue weighted by atomic mass is 32.1. The normalized spacial score (nSPS) is 21.7. The average Bonchev–Trinajstić information content (AvgIpc) is 3.31. The van der Waals surface area contributed by atoms with Crippen LogP contribution >= 0.6 is 11.3 Å². The van der Waals surface area contributed by atoms with E-state index in [0.29, 0.717) is 18.0 Å². The van der Waals surface area contributed by atoms with Gasteiger partial charge in [0.05, 0.1) is 13.7 Å². The van der Waals surface area contributed by atoms with Crippen molar-refractivity contribution in [3.8, 4) is 16.3 Å². The number of hydrogen-bond donors (Lipinski definition) is 2. The van der Waals surface area contributed by atoms with Crippen molar-refractivity contribution in [2.24, 2.45) is 5.92 Å². The highest BCUT2D eigenvalue weighted by Crippen LogP contribution is 2.35. The first kappa shape index (κ1) is 18.2. The minimum absolute atomic E-state index is 0.147. The lowest BCUT2D eigenvalue weighted by molar-refractivity contribution is -0.139. The Hall–Kier alpha value is -2.19. The molecule has 0 aliphatic heterocycles. The van der Waals surface area contributed by atoms with Crippen LogP contribution in [0.2, 0.25) is 0 Å². The Morgan fingerprint density at radius 1 is 1.30 bits per heavy atom. The number of carbonyl (C=O) groups is 1. The van der Waals surface area contributed by atoms with E-state index in [1.54, 1.807) is 7.11 Å². The molecule has 2 aliphatic carbocycles. The van der Waals surface area contributed by atoms with Crippen LogP contribution in [0.25, 0.3) is 10.6 Å². The SMILES string of the molecule is COc1ccc(-c2nnc(NC3CC(N(CC(=O)O)CC4CC4)C3)s2)cc1. The number of aromatic nitrogens is 2. The van der Waals surface area contributed by atoms with Crippen LogP contribution in [0.4, 0.5) is 5.13 Å². The van der Waals surface area contributed by atoms with E-state index < -0.39 is 5.97 Å². The Morgan fingerprint density at radius 3 is 2.67 bits per heavy atom. The van der Waals surface area contributed by atoms with Crippen molar-refractivity contribution in [3.63, 3.8) is 0 Å². The molecule has 2 aliphatic rings. The second-order valence-electron chi connectivity index (χ2n) is 7.37. The topological polar surface area (TPSA) is 87.6 Å². The lowest BCUT2D eigenvalue weighted by atomic mass is 9.85. The Labute approximate surface area is 162 Å². The maximum absolute atomic E-state index is 11.1. The molecule has 0 bridgehead atoms. The lowest BCUT2D eigenvalue weighted by Gasteiger charge is -2.42. The highest BCUT2D eigenvalue weighted by molar-refractivity contribution is 7.18. The van der Waals surface area contributed by atoms with Gasteiger partial charge in [-0.15, -0.1) is 10.2 Å². The van der Waals surface area contributed by atoms with Crippen molar-refractivity contribution in [1.82, 2.24) is 15.1 Å². The van der Waals surface area contributed by atoms with Gasteiger partial charge in [-0.1, -0.05) is 11.3 Å². The first-order chi connectivity index (χ1) is 13.1. The van der Waals surface area contributed by atoms with Gasteiger partial charge in [-0.3, -0.25) is 9.69 Å². The summed E-state index contributed by atoms with van der Waals surface area (Å²) in [6, 6.07) is 8.47. The number of hydrogen-bond acceptors (Lipinski definition) is 7. The molecule has 2 N–H and O–H groups in total. The van der Waals surface area contributed by atoms with Gasteiger partial charge >= 0.3 is 5.97 Å². The minimum Gasteiger partial charge on any atom is -0.497 e. The molecular weight excluding hydrogens is 364 g/mol. The summed E-state index contributed by atoms with van der Waals surface area (Å²) in [4.78, 5) is 13.3. The van der Waals surface area contributed by atoms with Crippen LogP contribution in [0.1, 0.15) is 25.7 Å².